The van der Waals surface area contributed by atoms with Gasteiger partial charge in [0.05, 0.1) is 12.8 Å². The highest BCUT2D eigenvalue weighted by molar-refractivity contribution is 5.77. The van der Waals surface area contributed by atoms with E-state index in [0.29, 0.717) is 5.69 Å². The molecule has 0 spiro atoms. The van der Waals surface area contributed by atoms with Gasteiger partial charge in [0.25, 0.3) is 0 Å². The molecule has 0 bridgehead atoms. The van der Waals surface area contributed by atoms with Crippen LogP contribution in [0.1, 0.15) is 36.8 Å². The fraction of sp³-hybridized carbons (Fsp3) is 0.375. The molecule has 4 heteroatoms. The Morgan fingerprint density at radius 1 is 1.25 bits per heavy atom. The predicted octanol–water partition coefficient (Wildman–Crippen LogP) is 3.21. The van der Waals surface area contributed by atoms with E-state index in [9.17, 15) is 4.79 Å². The van der Waals surface area contributed by atoms with Crippen LogP contribution in [0.3, 0.4) is 0 Å². The van der Waals surface area contributed by atoms with E-state index in [-0.39, 0.29) is 5.41 Å². The van der Waals surface area contributed by atoms with Gasteiger partial charge >= 0.3 is 0 Å². The molecule has 2 rings (SSSR count). The largest absolute Gasteiger partial charge is 0.496 e. The summed E-state index contributed by atoms with van der Waals surface area (Å²) < 4.78 is 6.99. The number of hydrogen-bond donors (Lipinski definition) is 0. The van der Waals surface area contributed by atoms with Crippen molar-refractivity contribution in [3.63, 3.8) is 0 Å². The Bertz CT molecular complexity index is 636. The first-order valence-corrected chi connectivity index (χ1v) is 6.55. The first-order valence-electron chi connectivity index (χ1n) is 6.55. The lowest BCUT2D eigenvalue weighted by molar-refractivity contribution is 0.111. The third kappa shape index (κ3) is 2.59. The van der Waals surface area contributed by atoms with Crippen molar-refractivity contribution in [3.8, 4) is 17.0 Å². The molecule has 0 aliphatic heterocycles. The molecule has 0 fully saturated rings. The van der Waals surface area contributed by atoms with Gasteiger partial charge in [-0.1, -0.05) is 26.8 Å². The average Bonchev–Trinajstić information content (AvgIpc) is 2.78. The summed E-state index contributed by atoms with van der Waals surface area (Å²) in [5.41, 5.74) is 3.44. The minimum absolute atomic E-state index is 0.0449. The molecule has 0 saturated carbocycles. The van der Waals surface area contributed by atoms with Crippen LogP contribution < -0.4 is 4.74 Å². The second kappa shape index (κ2) is 5.12. The molecule has 0 unspecified atom stereocenters. The maximum Gasteiger partial charge on any atom is 0.168 e. The zero-order valence-corrected chi connectivity index (χ0v) is 12.6. The van der Waals surface area contributed by atoms with E-state index >= 15 is 0 Å². The van der Waals surface area contributed by atoms with Crippen LogP contribution in [0.5, 0.6) is 5.75 Å². The normalized spacial score (nSPS) is 11.4. The zero-order chi connectivity index (χ0) is 14.9. The van der Waals surface area contributed by atoms with Crippen LogP contribution in [0.25, 0.3) is 11.3 Å². The monoisotopic (exact) mass is 272 g/mol. The first-order chi connectivity index (χ1) is 9.36. The van der Waals surface area contributed by atoms with Crippen molar-refractivity contribution >= 4 is 6.29 Å². The average molecular weight is 272 g/mol. The van der Waals surface area contributed by atoms with E-state index in [2.05, 4.69) is 38.0 Å². The smallest absolute Gasteiger partial charge is 0.168 e. The Hall–Kier alpha value is -2.10. The Morgan fingerprint density at radius 2 is 1.95 bits per heavy atom. The van der Waals surface area contributed by atoms with Crippen LogP contribution in [0.4, 0.5) is 0 Å². The molecular formula is C16H20N2O2. The number of rotatable bonds is 3. The summed E-state index contributed by atoms with van der Waals surface area (Å²) in [7, 11) is 3.40. The number of aldehydes is 1. The van der Waals surface area contributed by atoms with E-state index in [1.54, 1.807) is 24.9 Å². The second-order valence-corrected chi connectivity index (χ2v) is 5.86. The van der Waals surface area contributed by atoms with Gasteiger partial charge in [0.15, 0.2) is 6.29 Å². The summed E-state index contributed by atoms with van der Waals surface area (Å²) in [5.74, 6) is 0.758. The molecule has 106 valence electrons. The molecule has 0 aliphatic rings. The number of benzene rings is 1. The molecule has 20 heavy (non-hydrogen) atoms. The summed E-state index contributed by atoms with van der Waals surface area (Å²) >= 11 is 0. The van der Waals surface area contributed by atoms with Crippen LogP contribution in [-0.4, -0.2) is 23.2 Å². The van der Waals surface area contributed by atoms with Gasteiger partial charge in [-0.2, -0.15) is 5.10 Å². The van der Waals surface area contributed by atoms with Gasteiger partial charge in [-0.05, 0) is 29.2 Å². The van der Waals surface area contributed by atoms with Crippen molar-refractivity contribution < 1.29 is 9.53 Å². The highest BCUT2D eigenvalue weighted by Crippen LogP contribution is 2.34. The third-order valence-corrected chi connectivity index (χ3v) is 3.38. The summed E-state index contributed by atoms with van der Waals surface area (Å²) in [5, 5.41) is 4.39. The van der Waals surface area contributed by atoms with E-state index < -0.39 is 0 Å². The highest BCUT2D eigenvalue weighted by Gasteiger charge is 2.18. The maximum absolute atomic E-state index is 11.0. The maximum atomic E-state index is 11.0. The van der Waals surface area contributed by atoms with Gasteiger partial charge in [0, 0.05) is 12.6 Å². The third-order valence-electron chi connectivity index (χ3n) is 3.38. The van der Waals surface area contributed by atoms with Crippen molar-refractivity contribution in [3.05, 3.63) is 35.5 Å². The second-order valence-electron chi connectivity index (χ2n) is 5.86. The Kier molecular flexibility index (Phi) is 3.66. The van der Waals surface area contributed by atoms with Crippen LogP contribution in [0.15, 0.2) is 24.3 Å². The molecule has 0 N–H and O–H groups in total. The topological polar surface area (TPSA) is 44.1 Å². The van der Waals surface area contributed by atoms with Gasteiger partial charge < -0.3 is 4.74 Å². The van der Waals surface area contributed by atoms with Crippen molar-refractivity contribution in [2.24, 2.45) is 7.05 Å². The standard InChI is InChI=1S/C16H20N2O2/c1-16(2,3)11-6-7-15(20-5)13(8-11)14-9-12(10-19)18(4)17-14/h6-10H,1-5H3. The SMILES string of the molecule is COc1ccc(C(C)(C)C)cc1-c1cc(C=O)n(C)n1. The molecule has 1 heterocycles. The zero-order valence-electron chi connectivity index (χ0n) is 12.6. The molecule has 0 amide bonds. The number of carbonyl (C=O) groups excluding carboxylic acids is 1. The molecular weight excluding hydrogens is 252 g/mol. The fourth-order valence-electron chi connectivity index (χ4n) is 2.10. The minimum atomic E-state index is 0.0449. The van der Waals surface area contributed by atoms with Crippen LogP contribution >= 0.6 is 0 Å². The number of carbonyl (C=O) groups is 1. The van der Waals surface area contributed by atoms with Crippen molar-refractivity contribution in [1.29, 1.82) is 0 Å². The summed E-state index contributed by atoms with van der Waals surface area (Å²) in [6.07, 6.45) is 0.802. The Labute approximate surface area is 119 Å². The lowest BCUT2D eigenvalue weighted by atomic mass is 9.85. The van der Waals surface area contributed by atoms with E-state index in [1.165, 1.54) is 5.56 Å². The Morgan fingerprint density at radius 3 is 2.45 bits per heavy atom. The number of aromatic nitrogens is 2. The van der Waals surface area contributed by atoms with Crippen LogP contribution in [0.2, 0.25) is 0 Å². The summed E-state index contributed by atoms with van der Waals surface area (Å²) in [6.45, 7) is 6.48. The molecule has 0 aliphatic carbocycles. The summed E-state index contributed by atoms with van der Waals surface area (Å²) in [4.78, 5) is 11.0. The van der Waals surface area contributed by atoms with Crippen LogP contribution in [0, 0.1) is 0 Å². The van der Waals surface area contributed by atoms with Crippen molar-refractivity contribution in [2.45, 2.75) is 26.2 Å². The van der Waals surface area contributed by atoms with Gasteiger partial charge in [0.2, 0.25) is 0 Å². The van der Waals surface area contributed by atoms with Crippen LogP contribution in [-0.2, 0) is 12.5 Å². The van der Waals surface area contributed by atoms with Gasteiger partial charge in [-0.25, -0.2) is 0 Å². The number of hydrogen-bond acceptors (Lipinski definition) is 3. The van der Waals surface area contributed by atoms with Crippen molar-refractivity contribution in [2.75, 3.05) is 7.11 Å². The molecule has 0 saturated heterocycles. The first kappa shape index (κ1) is 14.3. The highest BCUT2D eigenvalue weighted by atomic mass is 16.5. The number of methoxy groups -OCH3 is 1. The molecule has 1 aromatic heterocycles. The predicted molar refractivity (Wildman–Crippen MR) is 79.3 cm³/mol. The number of ether oxygens (including phenoxy) is 1. The lowest BCUT2D eigenvalue weighted by Gasteiger charge is -2.20. The number of nitrogens with zero attached hydrogens (tertiary/aromatic N) is 2. The molecule has 2 aromatic rings. The van der Waals surface area contributed by atoms with Gasteiger partial charge in [-0.15, -0.1) is 0 Å². The van der Waals surface area contributed by atoms with Crippen molar-refractivity contribution in [1.82, 2.24) is 9.78 Å². The number of aryl methyl sites for hydroxylation is 1. The Balaban J connectivity index is 2.60. The van der Waals surface area contributed by atoms with Gasteiger partial charge in [-0.3, -0.25) is 9.48 Å². The van der Waals surface area contributed by atoms with E-state index in [4.69, 9.17) is 4.74 Å². The molecule has 0 atom stereocenters. The van der Waals surface area contributed by atoms with Gasteiger partial charge in [0.1, 0.15) is 11.4 Å². The lowest BCUT2D eigenvalue weighted by Crippen LogP contribution is -2.11. The minimum Gasteiger partial charge on any atom is -0.496 e. The van der Waals surface area contributed by atoms with E-state index in [1.807, 2.05) is 6.07 Å². The van der Waals surface area contributed by atoms with E-state index in [0.717, 1.165) is 23.3 Å². The summed E-state index contributed by atoms with van der Waals surface area (Å²) in [6, 6.07) is 7.87. The molecule has 1 aromatic carbocycles. The molecule has 0 radical (unpaired) electrons. The molecule has 4 nitrogen and oxygen atoms in total. The fourth-order valence-corrected chi connectivity index (χ4v) is 2.10. The quantitative estimate of drug-likeness (QED) is 0.806.